The molecule has 0 aromatic heterocycles. The Bertz CT molecular complexity index is 524. The van der Waals surface area contributed by atoms with E-state index in [0.29, 0.717) is 12.0 Å². The van der Waals surface area contributed by atoms with Crippen molar-refractivity contribution in [2.45, 2.75) is 89.6 Å². The highest BCUT2D eigenvalue weighted by atomic mass is 16.7. The van der Waals surface area contributed by atoms with Crippen LogP contribution in [-0.4, -0.2) is 42.5 Å². The van der Waals surface area contributed by atoms with Crippen LogP contribution in [0, 0.1) is 0 Å². The molecule has 1 aromatic rings. The van der Waals surface area contributed by atoms with E-state index in [2.05, 4.69) is 56.0 Å². The second-order valence-corrected chi connectivity index (χ2v) is 8.08. The van der Waals surface area contributed by atoms with Crippen LogP contribution in [0.4, 0.5) is 0 Å². The van der Waals surface area contributed by atoms with E-state index in [1.54, 1.807) is 0 Å². The van der Waals surface area contributed by atoms with Crippen molar-refractivity contribution in [3.63, 3.8) is 0 Å². The van der Waals surface area contributed by atoms with Gasteiger partial charge in [-0.3, -0.25) is 4.90 Å². The Balaban J connectivity index is 1.52. The van der Waals surface area contributed by atoms with Crippen molar-refractivity contribution in [3.05, 3.63) is 35.9 Å². The first-order chi connectivity index (χ1) is 12.7. The number of benzene rings is 1. The van der Waals surface area contributed by atoms with E-state index in [1.165, 1.54) is 37.7 Å². The molecule has 2 unspecified atom stereocenters. The van der Waals surface area contributed by atoms with Gasteiger partial charge in [-0.2, -0.15) is 0 Å². The van der Waals surface area contributed by atoms with Crippen LogP contribution in [0.5, 0.6) is 0 Å². The quantitative estimate of drug-likeness (QED) is 0.624. The largest absolute Gasteiger partial charge is 0.347 e. The predicted octanol–water partition coefficient (Wildman–Crippen LogP) is 5.36. The molecule has 1 aromatic carbocycles. The van der Waals surface area contributed by atoms with Crippen molar-refractivity contribution in [2.24, 2.45) is 0 Å². The molecule has 1 aliphatic carbocycles. The highest BCUT2D eigenvalue weighted by Gasteiger charge is 2.44. The Labute approximate surface area is 160 Å². The van der Waals surface area contributed by atoms with Crippen LogP contribution in [0.1, 0.15) is 77.2 Å². The van der Waals surface area contributed by atoms with Gasteiger partial charge in [0.15, 0.2) is 5.79 Å². The molecule has 1 spiro atoms. The third-order valence-electron chi connectivity index (χ3n) is 6.39. The molecule has 0 N–H and O–H groups in total. The van der Waals surface area contributed by atoms with Gasteiger partial charge in [0.05, 0.1) is 12.7 Å². The molecule has 0 amide bonds. The number of likely N-dealkylation sites (N-methyl/N-ethyl adjacent to an activating group) is 1. The van der Waals surface area contributed by atoms with Crippen LogP contribution in [0.2, 0.25) is 0 Å². The second-order valence-electron chi connectivity index (χ2n) is 8.08. The van der Waals surface area contributed by atoms with E-state index in [1.807, 2.05) is 0 Å². The molecule has 0 bridgehead atoms. The lowest BCUT2D eigenvalue weighted by molar-refractivity contribution is -0.190. The maximum Gasteiger partial charge on any atom is 0.169 e. The first kappa shape index (κ1) is 19.9. The van der Waals surface area contributed by atoms with Gasteiger partial charge in [-0.05, 0) is 43.7 Å². The van der Waals surface area contributed by atoms with Crippen LogP contribution in [-0.2, 0) is 9.47 Å². The molecule has 3 rings (SSSR count). The topological polar surface area (TPSA) is 21.7 Å². The molecule has 1 saturated heterocycles. The summed E-state index contributed by atoms with van der Waals surface area (Å²) in [5, 5.41) is 0. The molecule has 1 aliphatic heterocycles. The number of rotatable bonds is 8. The minimum Gasteiger partial charge on any atom is -0.347 e. The maximum atomic E-state index is 6.52. The van der Waals surface area contributed by atoms with Gasteiger partial charge in [-0.15, -0.1) is 0 Å². The average molecular weight is 360 g/mol. The number of nitrogens with zero attached hydrogens (tertiary/aromatic N) is 1. The van der Waals surface area contributed by atoms with Gasteiger partial charge < -0.3 is 9.47 Å². The van der Waals surface area contributed by atoms with E-state index in [0.717, 1.165) is 32.5 Å². The third kappa shape index (κ3) is 4.68. The first-order valence-corrected chi connectivity index (χ1v) is 10.8. The summed E-state index contributed by atoms with van der Waals surface area (Å²) in [6.45, 7) is 9.73. The number of ether oxygens (including phenoxy) is 2. The minimum atomic E-state index is -0.304. The Kier molecular flexibility index (Phi) is 7.13. The maximum absolute atomic E-state index is 6.52. The number of hydrogen-bond donors (Lipinski definition) is 0. The zero-order chi connectivity index (χ0) is 18.4. The van der Waals surface area contributed by atoms with Crippen LogP contribution >= 0.6 is 0 Å². The molecule has 146 valence electrons. The molecule has 1 saturated carbocycles. The van der Waals surface area contributed by atoms with Crippen LogP contribution in [0.3, 0.4) is 0 Å². The van der Waals surface area contributed by atoms with Crippen molar-refractivity contribution >= 4 is 0 Å². The van der Waals surface area contributed by atoms with Gasteiger partial charge in [0.1, 0.15) is 0 Å². The summed E-state index contributed by atoms with van der Waals surface area (Å²) in [5.74, 6) is 0.358. The lowest BCUT2D eigenvalue weighted by atomic mass is 9.81. The summed E-state index contributed by atoms with van der Waals surface area (Å²) < 4.78 is 12.8. The Morgan fingerprint density at radius 1 is 1.12 bits per heavy atom. The molecular formula is C23H37NO2. The van der Waals surface area contributed by atoms with Gasteiger partial charge in [-0.1, -0.05) is 57.5 Å². The lowest BCUT2D eigenvalue weighted by Gasteiger charge is -2.37. The highest BCUT2D eigenvalue weighted by Crippen LogP contribution is 2.43. The van der Waals surface area contributed by atoms with Crippen molar-refractivity contribution in [2.75, 3.05) is 19.7 Å². The highest BCUT2D eigenvalue weighted by molar-refractivity contribution is 5.20. The van der Waals surface area contributed by atoms with Crippen LogP contribution in [0.15, 0.2) is 30.3 Å². The van der Waals surface area contributed by atoms with Crippen molar-refractivity contribution in [1.29, 1.82) is 0 Å². The van der Waals surface area contributed by atoms with Gasteiger partial charge >= 0.3 is 0 Å². The Morgan fingerprint density at radius 2 is 1.85 bits per heavy atom. The van der Waals surface area contributed by atoms with E-state index in [4.69, 9.17) is 9.47 Å². The Morgan fingerprint density at radius 3 is 2.46 bits per heavy atom. The second kappa shape index (κ2) is 9.34. The summed E-state index contributed by atoms with van der Waals surface area (Å²) in [6.07, 6.45) is 8.38. The average Bonchev–Trinajstić information content (AvgIpc) is 3.08. The van der Waals surface area contributed by atoms with Gasteiger partial charge in [-0.25, -0.2) is 0 Å². The van der Waals surface area contributed by atoms with E-state index in [-0.39, 0.29) is 11.9 Å². The smallest absolute Gasteiger partial charge is 0.169 e. The molecule has 2 atom stereocenters. The predicted molar refractivity (Wildman–Crippen MR) is 107 cm³/mol. The van der Waals surface area contributed by atoms with E-state index >= 15 is 0 Å². The molecule has 2 aliphatic rings. The minimum absolute atomic E-state index is 0.231. The Hall–Kier alpha value is -0.900. The fraction of sp³-hybridized carbons (Fsp3) is 0.739. The van der Waals surface area contributed by atoms with E-state index in [9.17, 15) is 0 Å². The standard InChI is InChI=1S/C23H37NO2/c1-4-10-21(5-2)24(6-3)17-22-18-25-23(26-22)15-13-20(14-16-23)19-11-8-7-9-12-19/h7-9,11-12,20-22H,4-6,10,13-18H2,1-3H3. The fourth-order valence-corrected chi connectivity index (χ4v) is 4.86. The van der Waals surface area contributed by atoms with Gasteiger partial charge in [0.25, 0.3) is 0 Å². The van der Waals surface area contributed by atoms with Crippen LogP contribution < -0.4 is 0 Å². The summed E-state index contributed by atoms with van der Waals surface area (Å²) >= 11 is 0. The molecule has 2 fully saturated rings. The van der Waals surface area contributed by atoms with Gasteiger partial charge in [0.2, 0.25) is 0 Å². The molecule has 26 heavy (non-hydrogen) atoms. The monoisotopic (exact) mass is 359 g/mol. The summed E-state index contributed by atoms with van der Waals surface area (Å²) in [6, 6.07) is 11.6. The third-order valence-corrected chi connectivity index (χ3v) is 6.39. The zero-order valence-corrected chi connectivity index (χ0v) is 17.0. The number of hydrogen-bond acceptors (Lipinski definition) is 3. The molecule has 3 heteroatoms. The SMILES string of the molecule is CCCC(CC)N(CC)CC1COC2(CCC(c3ccccc3)CC2)O1. The molecular weight excluding hydrogens is 322 g/mol. The van der Waals surface area contributed by atoms with Crippen molar-refractivity contribution in [1.82, 2.24) is 4.90 Å². The van der Waals surface area contributed by atoms with Crippen molar-refractivity contribution in [3.8, 4) is 0 Å². The summed E-state index contributed by atoms with van der Waals surface area (Å²) in [5.41, 5.74) is 1.47. The molecule has 3 nitrogen and oxygen atoms in total. The molecule has 1 heterocycles. The molecule has 0 radical (unpaired) electrons. The lowest BCUT2D eigenvalue weighted by Crippen LogP contribution is -2.42. The first-order valence-electron chi connectivity index (χ1n) is 10.8. The van der Waals surface area contributed by atoms with Crippen LogP contribution in [0.25, 0.3) is 0 Å². The fourth-order valence-electron chi connectivity index (χ4n) is 4.86. The van der Waals surface area contributed by atoms with E-state index < -0.39 is 0 Å². The van der Waals surface area contributed by atoms with Crippen molar-refractivity contribution < 1.29 is 9.47 Å². The summed E-state index contributed by atoms with van der Waals surface area (Å²) in [4.78, 5) is 2.60. The summed E-state index contributed by atoms with van der Waals surface area (Å²) in [7, 11) is 0. The normalized spacial score (nSPS) is 30.2. The zero-order valence-electron chi connectivity index (χ0n) is 17.0. The van der Waals surface area contributed by atoms with Gasteiger partial charge in [0, 0.05) is 25.4 Å².